The van der Waals surface area contributed by atoms with Gasteiger partial charge >= 0.3 is 5.97 Å². The van der Waals surface area contributed by atoms with Gasteiger partial charge in [-0.25, -0.2) is 4.79 Å². The van der Waals surface area contributed by atoms with Crippen LogP contribution in [0.1, 0.15) is 29.0 Å². The van der Waals surface area contributed by atoms with Crippen LogP contribution in [0.4, 0.5) is 5.69 Å². The maximum Gasteiger partial charge on any atom is 0.371 e. The molecule has 1 saturated heterocycles. The number of piperidine rings is 1. The second-order valence-corrected chi connectivity index (χ2v) is 7.28. The van der Waals surface area contributed by atoms with Gasteiger partial charge in [0, 0.05) is 36.7 Å². The third kappa shape index (κ3) is 3.83. The molecule has 1 unspecified atom stereocenters. The maximum atomic E-state index is 11.1. The van der Waals surface area contributed by atoms with E-state index in [0.29, 0.717) is 11.6 Å². The summed E-state index contributed by atoms with van der Waals surface area (Å²) in [7, 11) is 2.17. The number of anilines is 1. The molecule has 1 aliphatic heterocycles. The van der Waals surface area contributed by atoms with Gasteiger partial charge in [0.15, 0.2) is 0 Å². The fourth-order valence-corrected chi connectivity index (χ4v) is 3.90. The van der Waals surface area contributed by atoms with E-state index in [1.807, 2.05) is 18.2 Å². The number of rotatable bonds is 5. The van der Waals surface area contributed by atoms with E-state index in [-0.39, 0.29) is 5.76 Å². The molecule has 0 radical (unpaired) electrons. The minimum Gasteiger partial charge on any atom is -0.475 e. The monoisotopic (exact) mass is 364 g/mol. The Labute approximate surface area is 158 Å². The van der Waals surface area contributed by atoms with Gasteiger partial charge < -0.3 is 14.4 Å². The van der Waals surface area contributed by atoms with Crippen molar-refractivity contribution in [3.8, 4) is 0 Å². The van der Waals surface area contributed by atoms with Crippen molar-refractivity contribution >= 4 is 22.6 Å². The topological polar surface area (TPSA) is 56.9 Å². The molecule has 0 aliphatic carbocycles. The molecule has 140 valence electrons. The summed E-state index contributed by atoms with van der Waals surface area (Å²) in [5.41, 5.74) is 3.07. The summed E-state index contributed by atoms with van der Waals surface area (Å²) in [6, 6.07) is 18.6. The first-order valence-corrected chi connectivity index (χ1v) is 9.36. The number of nitrogens with zero attached hydrogens (tertiary/aromatic N) is 2. The average molecular weight is 364 g/mol. The number of hydrogen-bond donors (Lipinski definition) is 1. The number of fused-ring (bicyclic) bond motifs is 1. The van der Waals surface area contributed by atoms with Gasteiger partial charge in [-0.05, 0) is 55.8 Å². The summed E-state index contributed by atoms with van der Waals surface area (Å²) in [6.45, 7) is 2.96. The van der Waals surface area contributed by atoms with Crippen LogP contribution in [-0.4, -0.2) is 42.2 Å². The zero-order valence-electron chi connectivity index (χ0n) is 15.5. The van der Waals surface area contributed by atoms with Crippen molar-refractivity contribution < 1.29 is 14.3 Å². The van der Waals surface area contributed by atoms with Crippen LogP contribution in [0.2, 0.25) is 0 Å². The van der Waals surface area contributed by atoms with Gasteiger partial charge in [0.2, 0.25) is 5.76 Å². The molecular formula is C22H24N2O3. The predicted octanol–water partition coefficient (Wildman–Crippen LogP) is 4.23. The van der Waals surface area contributed by atoms with Crippen LogP contribution in [0.15, 0.2) is 59.0 Å². The molecule has 2 heterocycles. The number of hydrogen-bond acceptors (Lipinski definition) is 4. The summed E-state index contributed by atoms with van der Waals surface area (Å²) in [5, 5.41) is 9.92. The van der Waals surface area contributed by atoms with Crippen molar-refractivity contribution in [3.63, 3.8) is 0 Å². The number of carbonyl (C=O) groups is 1. The summed E-state index contributed by atoms with van der Waals surface area (Å²) in [6.07, 6.45) is 2.38. The third-order valence-electron chi connectivity index (χ3n) is 5.36. The summed E-state index contributed by atoms with van der Waals surface area (Å²) < 4.78 is 5.35. The molecule has 3 aromatic rings. The fraction of sp³-hybridized carbons (Fsp3) is 0.318. The van der Waals surface area contributed by atoms with E-state index in [9.17, 15) is 4.79 Å². The third-order valence-corrected chi connectivity index (χ3v) is 5.36. The lowest BCUT2D eigenvalue weighted by Crippen LogP contribution is -2.46. The molecule has 27 heavy (non-hydrogen) atoms. The van der Waals surface area contributed by atoms with E-state index in [0.717, 1.165) is 25.0 Å². The maximum absolute atomic E-state index is 11.1. The Kier molecular flexibility index (Phi) is 4.86. The Balaban J connectivity index is 1.45. The number of para-hydroxylation sites is 1. The molecule has 0 saturated carbocycles. The number of aromatic carboxylic acids is 1. The Morgan fingerprint density at radius 1 is 1.22 bits per heavy atom. The van der Waals surface area contributed by atoms with Gasteiger partial charge in [-0.15, -0.1) is 0 Å². The summed E-state index contributed by atoms with van der Waals surface area (Å²) >= 11 is 0. The zero-order chi connectivity index (χ0) is 18.8. The van der Waals surface area contributed by atoms with Crippen molar-refractivity contribution in [2.24, 2.45) is 0 Å². The van der Waals surface area contributed by atoms with E-state index < -0.39 is 5.97 Å². The Morgan fingerprint density at radius 2 is 2.04 bits per heavy atom. The Hall–Kier alpha value is -2.79. The minimum atomic E-state index is -1.03. The second-order valence-electron chi connectivity index (χ2n) is 7.28. The fourth-order valence-electron chi connectivity index (χ4n) is 3.90. The van der Waals surface area contributed by atoms with Gasteiger partial charge in [-0.3, -0.25) is 4.90 Å². The highest BCUT2D eigenvalue weighted by Gasteiger charge is 2.23. The van der Waals surface area contributed by atoms with Crippen LogP contribution < -0.4 is 4.90 Å². The van der Waals surface area contributed by atoms with Crippen molar-refractivity contribution in [2.45, 2.75) is 25.4 Å². The standard InChI is InChI=1S/C22H24N2O3/c1-23(19-8-5-11-24(15-19)18-6-3-2-4-7-18)14-16-9-10-20-17(12-16)13-21(27-20)22(25)26/h2-4,6-7,9-10,12-13,19H,5,8,11,14-15H2,1H3,(H,25,26). The molecule has 1 aliphatic rings. The molecule has 1 aromatic heterocycles. The van der Waals surface area contributed by atoms with Crippen molar-refractivity contribution in [2.75, 3.05) is 25.0 Å². The lowest BCUT2D eigenvalue weighted by molar-refractivity contribution is 0.0665. The number of likely N-dealkylation sites (N-methyl/N-ethyl adjacent to an activating group) is 1. The van der Waals surface area contributed by atoms with E-state index in [1.165, 1.54) is 24.1 Å². The Morgan fingerprint density at radius 3 is 2.81 bits per heavy atom. The molecule has 5 nitrogen and oxygen atoms in total. The van der Waals surface area contributed by atoms with Crippen molar-refractivity contribution in [1.29, 1.82) is 0 Å². The number of carboxylic acids is 1. The van der Waals surface area contributed by atoms with E-state index >= 15 is 0 Å². The number of furan rings is 1. The molecule has 5 heteroatoms. The highest BCUT2D eigenvalue weighted by Crippen LogP contribution is 2.25. The van der Waals surface area contributed by atoms with Gasteiger partial charge in [-0.1, -0.05) is 24.3 Å². The summed E-state index contributed by atoms with van der Waals surface area (Å²) in [4.78, 5) is 15.9. The highest BCUT2D eigenvalue weighted by atomic mass is 16.4. The van der Waals surface area contributed by atoms with Gasteiger partial charge in [0.1, 0.15) is 5.58 Å². The van der Waals surface area contributed by atoms with Crippen LogP contribution in [0, 0.1) is 0 Å². The zero-order valence-corrected chi connectivity index (χ0v) is 15.5. The van der Waals surface area contributed by atoms with Gasteiger partial charge in [0.25, 0.3) is 0 Å². The number of carboxylic acid groups (broad SMARTS) is 1. The molecule has 1 N–H and O–H groups in total. The van der Waals surface area contributed by atoms with Gasteiger partial charge in [-0.2, -0.15) is 0 Å². The largest absolute Gasteiger partial charge is 0.475 e. The van der Waals surface area contributed by atoms with Crippen LogP contribution in [0.3, 0.4) is 0 Å². The Bertz CT molecular complexity index is 935. The average Bonchev–Trinajstić information content (AvgIpc) is 3.12. The van der Waals surface area contributed by atoms with Crippen molar-refractivity contribution in [3.05, 3.63) is 65.9 Å². The van der Waals surface area contributed by atoms with Crippen LogP contribution >= 0.6 is 0 Å². The minimum absolute atomic E-state index is 0.0127. The smallest absolute Gasteiger partial charge is 0.371 e. The second kappa shape index (κ2) is 7.45. The van der Waals surface area contributed by atoms with Crippen LogP contribution in [0.25, 0.3) is 11.0 Å². The highest BCUT2D eigenvalue weighted by molar-refractivity contribution is 5.91. The van der Waals surface area contributed by atoms with E-state index in [4.69, 9.17) is 9.52 Å². The van der Waals surface area contributed by atoms with E-state index in [1.54, 1.807) is 6.07 Å². The summed E-state index contributed by atoms with van der Waals surface area (Å²) in [5.74, 6) is -1.05. The SMILES string of the molecule is CN(Cc1ccc2oc(C(=O)O)cc2c1)C1CCCN(c2ccccc2)C1. The first-order valence-electron chi connectivity index (χ1n) is 9.36. The van der Waals surface area contributed by atoms with Gasteiger partial charge in [0.05, 0.1) is 0 Å². The lowest BCUT2D eigenvalue weighted by Gasteiger charge is -2.39. The molecule has 0 spiro atoms. The molecule has 2 aromatic carbocycles. The molecule has 1 fully saturated rings. The van der Waals surface area contributed by atoms with Crippen LogP contribution in [0.5, 0.6) is 0 Å². The first-order chi connectivity index (χ1) is 13.1. The number of benzene rings is 2. The lowest BCUT2D eigenvalue weighted by atomic mass is 10.0. The molecule has 4 rings (SSSR count). The van der Waals surface area contributed by atoms with Crippen molar-refractivity contribution in [1.82, 2.24) is 4.90 Å². The first kappa shape index (κ1) is 17.6. The molecule has 1 atom stereocenters. The normalized spacial score (nSPS) is 17.6. The molecular weight excluding hydrogens is 340 g/mol. The van der Waals surface area contributed by atoms with Crippen LogP contribution in [-0.2, 0) is 6.54 Å². The van der Waals surface area contributed by atoms with E-state index in [2.05, 4.69) is 47.2 Å². The predicted molar refractivity (Wildman–Crippen MR) is 106 cm³/mol. The quantitative estimate of drug-likeness (QED) is 0.734. The molecule has 0 bridgehead atoms. The molecule has 0 amide bonds.